The highest BCUT2D eigenvalue weighted by Gasteiger charge is 2.54. The molecule has 3 N–H and O–H groups in total. The first-order valence-corrected chi connectivity index (χ1v) is 16.8. The summed E-state index contributed by atoms with van der Waals surface area (Å²) in [6.07, 6.45) is 6.46. The number of aliphatic hydroxyl groups is 1. The molecule has 0 bridgehead atoms. The third-order valence-electron chi connectivity index (χ3n) is 8.95. The number of benzene rings is 2. The van der Waals surface area contributed by atoms with Crippen LogP contribution in [-0.4, -0.2) is 78.7 Å². The zero-order chi connectivity index (χ0) is 29.9. The number of rotatable bonds is 9. The molecule has 10 nitrogen and oxygen atoms in total. The molecule has 2 atom stereocenters. The van der Waals surface area contributed by atoms with Crippen LogP contribution < -0.4 is 14.8 Å². The lowest BCUT2D eigenvalue weighted by Gasteiger charge is -2.52. The van der Waals surface area contributed by atoms with Crippen molar-refractivity contribution in [2.75, 3.05) is 30.6 Å². The Labute approximate surface area is 248 Å². The highest BCUT2D eigenvalue weighted by atomic mass is 32.2. The topological polar surface area (TPSA) is 128 Å². The number of likely N-dealkylation sites (tertiary alicyclic amines) is 1. The third-order valence-corrected chi connectivity index (χ3v) is 9.56. The molecule has 2 aromatic rings. The molecule has 1 saturated carbocycles. The molecular formula is C31H42N4O6S. The van der Waals surface area contributed by atoms with Crippen molar-refractivity contribution in [1.82, 2.24) is 15.1 Å². The van der Waals surface area contributed by atoms with Gasteiger partial charge in [-0.25, -0.2) is 8.42 Å². The van der Waals surface area contributed by atoms with Crippen LogP contribution >= 0.6 is 0 Å². The van der Waals surface area contributed by atoms with E-state index in [1.54, 1.807) is 29.2 Å². The van der Waals surface area contributed by atoms with Crippen LogP contribution in [0.4, 0.5) is 5.69 Å². The number of hydrogen-bond donors (Lipinski definition) is 3. The van der Waals surface area contributed by atoms with Crippen molar-refractivity contribution >= 4 is 27.5 Å². The molecule has 11 heteroatoms. The number of nitrogens with zero attached hydrogens (tertiary/aromatic N) is 2. The van der Waals surface area contributed by atoms with Gasteiger partial charge in [0.05, 0.1) is 12.4 Å². The Morgan fingerprint density at radius 1 is 1.00 bits per heavy atom. The van der Waals surface area contributed by atoms with Crippen molar-refractivity contribution in [2.24, 2.45) is 5.92 Å². The van der Waals surface area contributed by atoms with Gasteiger partial charge in [-0.05, 0) is 80.5 Å². The third kappa shape index (κ3) is 6.74. The maximum Gasteiger partial charge on any atom is 0.248 e. The molecule has 2 aliphatic heterocycles. The van der Waals surface area contributed by atoms with E-state index in [0.29, 0.717) is 56.2 Å². The molecule has 2 amide bonds. The van der Waals surface area contributed by atoms with Crippen molar-refractivity contribution in [1.29, 1.82) is 0 Å². The predicted molar refractivity (Wildman–Crippen MR) is 161 cm³/mol. The maximum absolute atomic E-state index is 13.6. The molecule has 5 rings (SSSR count). The number of hydrogen-bond acceptors (Lipinski definition) is 7. The minimum Gasteiger partial charge on any atom is -0.457 e. The zero-order valence-corrected chi connectivity index (χ0v) is 25.2. The average Bonchev–Trinajstić information content (AvgIpc) is 2.98. The molecule has 3 aliphatic rings. The number of piperazine rings is 1. The van der Waals surface area contributed by atoms with Crippen LogP contribution in [0.25, 0.3) is 0 Å². The molecular weight excluding hydrogens is 556 g/mol. The number of likely N-dealkylation sites (N-methyl/N-ethyl adjacent to an activating group) is 1. The van der Waals surface area contributed by atoms with Gasteiger partial charge in [0, 0.05) is 31.9 Å². The van der Waals surface area contributed by atoms with Crippen molar-refractivity contribution in [2.45, 2.75) is 76.1 Å². The van der Waals surface area contributed by atoms with Gasteiger partial charge in [0.1, 0.15) is 23.1 Å². The first kappa shape index (κ1) is 30.3. The Bertz CT molecular complexity index is 1350. The number of carbonyl (C=O) groups is 2. The molecule has 2 aromatic carbocycles. The normalized spacial score (nSPS) is 22.5. The van der Waals surface area contributed by atoms with Crippen LogP contribution in [0, 0.1) is 5.92 Å². The highest BCUT2D eigenvalue weighted by molar-refractivity contribution is 7.92. The second kappa shape index (κ2) is 12.6. The van der Waals surface area contributed by atoms with E-state index in [1.165, 1.54) is 0 Å². The van der Waals surface area contributed by atoms with Crippen LogP contribution in [0.1, 0.15) is 57.4 Å². The number of ether oxygens (including phenoxy) is 1. The van der Waals surface area contributed by atoms with Crippen LogP contribution in [0.5, 0.6) is 11.5 Å². The largest absolute Gasteiger partial charge is 0.457 e. The van der Waals surface area contributed by atoms with Crippen LogP contribution in [0.3, 0.4) is 0 Å². The van der Waals surface area contributed by atoms with E-state index in [1.807, 2.05) is 31.2 Å². The van der Waals surface area contributed by atoms with Gasteiger partial charge in [-0.3, -0.25) is 19.2 Å². The maximum atomic E-state index is 13.6. The average molecular weight is 599 g/mol. The smallest absolute Gasteiger partial charge is 0.248 e. The van der Waals surface area contributed by atoms with Crippen LogP contribution in [0.15, 0.2) is 48.5 Å². The Morgan fingerprint density at radius 3 is 2.17 bits per heavy atom. The van der Waals surface area contributed by atoms with E-state index < -0.39 is 27.7 Å². The number of sulfonamides is 1. The molecule has 2 heterocycles. The Morgan fingerprint density at radius 2 is 1.60 bits per heavy atom. The first-order valence-electron chi connectivity index (χ1n) is 15.0. The second-order valence-electron chi connectivity index (χ2n) is 11.9. The number of aliphatic hydroxyl groups excluding tert-OH is 1. The minimum atomic E-state index is -3.33. The number of nitrogens with one attached hydrogen (secondary N) is 2. The van der Waals surface area contributed by atoms with E-state index in [2.05, 4.69) is 14.9 Å². The van der Waals surface area contributed by atoms with E-state index in [0.717, 1.165) is 43.9 Å². The number of carbonyl (C=O) groups excluding carboxylic acids is 2. The van der Waals surface area contributed by atoms with Crippen molar-refractivity contribution < 1.29 is 27.9 Å². The quantitative estimate of drug-likeness (QED) is 0.403. The molecule has 0 aromatic heterocycles. The van der Waals surface area contributed by atoms with E-state index in [-0.39, 0.29) is 17.7 Å². The lowest BCUT2D eigenvalue weighted by molar-refractivity contribution is -0.165. The number of anilines is 1. The van der Waals surface area contributed by atoms with E-state index in [4.69, 9.17) is 4.74 Å². The summed E-state index contributed by atoms with van der Waals surface area (Å²) >= 11 is 0. The van der Waals surface area contributed by atoms with Crippen molar-refractivity contribution in [3.8, 4) is 11.5 Å². The predicted octanol–water partition coefficient (Wildman–Crippen LogP) is 3.47. The summed E-state index contributed by atoms with van der Waals surface area (Å²) in [5, 5.41) is 14.0. The van der Waals surface area contributed by atoms with Gasteiger partial charge in [0.25, 0.3) is 0 Å². The fourth-order valence-electron chi connectivity index (χ4n) is 6.72. The van der Waals surface area contributed by atoms with Crippen molar-refractivity contribution in [3.05, 3.63) is 54.1 Å². The molecule has 1 aliphatic carbocycles. The Balaban J connectivity index is 1.16. The number of amides is 2. The SMILES string of the molecule is CCN1C(=O)[C@@H]([C@H](O)C2CCCCC2)NC(=O)C12CCN(Cc1ccc(Oc3ccc(NS(C)(=O)=O)cc3)cc1)CC2. The lowest BCUT2D eigenvalue weighted by atomic mass is 9.78. The molecule has 1 spiro atoms. The van der Waals surface area contributed by atoms with Gasteiger partial charge in [0.15, 0.2) is 0 Å². The molecule has 3 fully saturated rings. The highest BCUT2D eigenvalue weighted by Crippen LogP contribution is 2.36. The molecule has 0 radical (unpaired) electrons. The van der Waals surface area contributed by atoms with E-state index >= 15 is 0 Å². The summed E-state index contributed by atoms with van der Waals surface area (Å²) in [5.41, 5.74) is 0.713. The summed E-state index contributed by atoms with van der Waals surface area (Å²) < 4.78 is 31.1. The molecule has 0 unspecified atom stereocenters. The number of piperidine rings is 1. The Kier molecular flexibility index (Phi) is 9.10. The fraction of sp³-hybridized carbons (Fsp3) is 0.548. The van der Waals surface area contributed by atoms with Crippen LogP contribution in [0.2, 0.25) is 0 Å². The second-order valence-corrected chi connectivity index (χ2v) is 13.6. The first-order chi connectivity index (χ1) is 20.1. The van der Waals surface area contributed by atoms with E-state index in [9.17, 15) is 23.1 Å². The molecule has 2 saturated heterocycles. The Hall–Kier alpha value is -3.15. The van der Waals surface area contributed by atoms with Gasteiger partial charge >= 0.3 is 0 Å². The van der Waals surface area contributed by atoms with Gasteiger partial charge < -0.3 is 20.1 Å². The van der Waals surface area contributed by atoms with Gasteiger partial charge in [0.2, 0.25) is 21.8 Å². The summed E-state index contributed by atoms with van der Waals surface area (Å²) in [4.78, 5) is 31.1. The standard InChI is InChI=1S/C31H42N4O6S/c1-3-35-29(37)27(28(36)23-7-5-4-6-8-23)32-30(38)31(35)17-19-34(20-18-31)21-22-9-13-25(14-10-22)41-26-15-11-24(12-16-26)33-42(2,39)40/h9-16,23,27-28,33,36H,3-8,17-21H2,1-2H3,(H,32,38)/t27-,28-/m1/s1. The molecule has 228 valence electrons. The lowest BCUT2D eigenvalue weighted by Crippen LogP contribution is -2.74. The van der Waals surface area contributed by atoms with Gasteiger partial charge in [-0.1, -0.05) is 31.4 Å². The molecule has 42 heavy (non-hydrogen) atoms. The minimum absolute atomic E-state index is 0.0594. The van der Waals surface area contributed by atoms with Gasteiger partial charge in [-0.2, -0.15) is 0 Å². The monoisotopic (exact) mass is 598 g/mol. The van der Waals surface area contributed by atoms with Crippen LogP contribution in [-0.2, 0) is 26.2 Å². The summed E-state index contributed by atoms with van der Waals surface area (Å²) in [5.74, 6) is 1.04. The van der Waals surface area contributed by atoms with Gasteiger partial charge in [-0.15, -0.1) is 0 Å². The summed E-state index contributed by atoms with van der Waals surface area (Å²) in [6, 6.07) is 13.6. The van der Waals surface area contributed by atoms with Crippen molar-refractivity contribution in [3.63, 3.8) is 0 Å². The fourth-order valence-corrected chi connectivity index (χ4v) is 7.28. The summed E-state index contributed by atoms with van der Waals surface area (Å²) in [7, 11) is -3.33. The zero-order valence-electron chi connectivity index (χ0n) is 24.4. The summed E-state index contributed by atoms with van der Waals surface area (Å²) in [6.45, 7) is 4.43.